The van der Waals surface area contributed by atoms with Gasteiger partial charge >= 0.3 is 0 Å². The van der Waals surface area contributed by atoms with Crippen molar-refractivity contribution in [3.63, 3.8) is 0 Å². The van der Waals surface area contributed by atoms with Gasteiger partial charge in [-0.05, 0) is 0 Å². The molecule has 1 aliphatic heterocycles. The first-order valence-corrected chi connectivity index (χ1v) is 7.09. The predicted octanol–water partition coefficient (Wildman–Crippen LogP) is 0.542. The third-order valence-corrected chi connectivity index (χ3v) is 3.09. The maximum Gasteiger partial charge on any atom is 0.217 e. The van der Waals surface area contributed by atoms with Gasteiger partial charge in [0.2, 0.25) is 5.88 Å². The molecule has 1 saturated heterocycles. The van der Waals surface area contributed by atoms with Gasteiger partial charge in [0.25, 0.3) is 0 Å². The summed E-state index contributed by atoms with van der Waals surface area (Å²) in [6.45, 7) is 5.22. The Morgan fingerprint density at radius 3 is 2.71 bits per heavy atom. The number of anilines is 2. The third-order valence-electron chi connectivity index (χ3n) is 3.09. The molecule has 0 spiro atoms. The van der Waals surface area contributed by atoms with Crippen LogP contribution in [0.2, 0.25) is 0 Å². The topological polar surface area (TPSA) is 79.1 Å². The zero-order chi connectivity index (χ0) is 14.9. The Bertz CT molecular complexity index is 425. The number of hydrogen-bond acceptors (Lipinski definition) is 7. The molecule has 7 heteroatoms. The SMILES string of the molecule is COCCOCCOc1cc(N2CCOCC2)cc(N)n1. The summed E-state index contributed by atoms with van der Waals surface area (Å²) in [5.41, 5.74) is 6.85. The summed E-state index contributed by atoms with van der Waals surface area (Å²) in [6.07, 6.45) is 0. The van der Waals surface area contributed by atoms with E-state index in [0.717, 1.165) is 32.0 Å². The van der Waals surface area contributed by atoms with Crippen LogP contribution in [0, 0.1) is 0 Å². The van der Waals surface area contributed by atoms with Crippen LogP contribution in [-0.4, -0.2) is 64.8 Å². The van der Waals surface area contributed by atoms with Gasteiger partial charge in [0.1, 0.15) is 12.4 Å². The van der Waals surface area contributed by atoms with E-state index in [1.807, 2.05) is 12.1 Å². The summed E-state index contributed by atoms with van der Waals surface area (Å²) in [5, 5.41) is 0. The van der Waals surface area contributed by atoms with Gasteiger partial charge in [-0.3, -0.25) is 0 Å². The van der Waals surface area contributed by atoms with Crippen molar-refractivity contribution in [3.05, 3.63) is 12.1 Å². The van der Waals surface area contributed by atoms with Crippen molar-refractivity contribution < 1.29 is 18.9 Å². The number of pyridine rings is 1. The monoisotopic (exact) mass is 297 g/mol. The van der Waals surface area contributed by atoms with Crippen molar-refractivity contribution in [2.75, 3.05) is 70.5 Å². The largest absolute Gasteiger partial charge is 0.475 e. The standard InChI is InChI=1S/C14H23N3O4/c1-18-6-7-20-8-9-21-14-11-12(10-13(15)16-14)17-2-4-19-5-3-17/h10-11H,2-9H2,1H3,(H2,15,16). The molecule has 0 bridgehead atoms. The van der Waals surface area contributed by atoms with E-state index in [1.54, 1.807) is 7.11 Å². The van der Waals surface area contributed by atoms with Gasteiger partial charge in [-0.1, -0.05) is 0 Å². The Morgan fingerprint density at radius 2 is 1.95 bits per heavy atom. The Morgan fingerprint density at radius 1 is 1.19 bits per heavy atom. The second-order valence-corrected chi connectivity index (χ2v) is 4.64. The van der Waals surface area contributed by atoms with Crippen LogP contribution in [0.1, 0.15) is 0 Å². The van der Waals surface area contributed by atoms with Crippen molar-refractivity contribution in [2.24, 2.45) is 0 Å². The van der Waals surface area contributed by atoms with Crippen LogP contribution in [0.15, 0.2) is 12.1 Å². The lowest BCUT2D eigenvalue weighted by atomic mass is 10.3. The lowest BCUT2D eigenvalue weighted by Gasteiger charge is -2.29. The van der Waals surface area contributed by atoms with Crippen molar-refractivity contribution in [2.45, 2.75) is 0 Å². The quantitative estimate of drug-likeness (QED) is 0.702. The zero-order valence-corrected chi connectivity index (χ0v) is 12.4. The van der Waals surface area contributed by atoms with Crippen LogP contribution in [0.25, 0.3) is 0 Å². The first kappa shape index (κ1) is 15.8. The summed E-state index contributed by atoms with van der Waals surface area (Å²) in [5.74, 6) is 0.973. The van der Waals surface area contributed by atoms with Crippen molar-refractivity contribution >= 4 is 11.5 Å². The third kappa shape index (κ3) is 5.37. The molecule has 0 amide bonds. The van der Waals surface area contributed by atoms with Crippen LogP contribution in [0.3, 0.4) is 0 Å². The van der Waals surface area contributed by atoms with E-state index in [0.29, 0.717) is 38.1 Å². The van der Waals surface area contributed by atoms with Crippen LogP contribution >= 0.6 is 0 Å². The second-order valence-electron chi connectivity index (χ2n) is 4.64. The number of nitrogen functional groups attached to an aromatic ring is 1. The Hall–Kier alpha value is -1.57. The minimum Gasteiger partial charge on any atom is -0.475 e. The van der Waals surface area contributed by atoms with Gasteiger partial charge in [0, 0.05) is 38.0 Å². The maximum atomic E-state index is 5.84. The number of morpholine rings is 1. The van der Waals surface area contributed by atoms with E-state index in [1.165, 1.54) is 0 Å². The molecule has 1 fully saturated rings. The minimum atomic E-state index is 0.433. The molecule has 21 heavy (non-hydrogen) atoms. The van der Waals surface area contributed by atoms with Crippen molar-refractivity contribution in [3.8, 4) is 5.88 Å². The highest BCUT2D eigenvalue weighted by Gasteiger charge is 2.13. The van der Waals surface area contributed by atoms with Gasteiger partial charge < -0.3 is 29.6 Å². The van der Waals surface area contributed by atoms with E-state index >= 15 is 0 Å². The average molecular weight is 297 g/mol. The highest BCUT2D eigenvalue weighted by molar-refractivity contribution is 5.55. The molecular weight excluding hydrogens is 274 g/mol. The molecule has 118 valence electrons. The lowest BCUT2D eigenvalue weighted by molar-refractivity contribution is 0.0537. The number of nitrogens with zero attached hydrogens (tertiary/aromatic N) is 2. The average Bonchev–Trinajstić information content (AvgIpc) is 2.51. The number of nitrogens with two attached hydrogens (primary N) is 1. The summed E-state index contributed by atoms with van der Waals surface area (Å²) < 4.78 is 21.2. The van der Waals surface area contributed by atoms with Crippen molar-refractivity contribution in [1.82, 2.24) is 4.98 Å². The molecule has 0 radical (unpaired) electrons. The highest BCUT2D eigenvalue weighted by Crippen LogP contribution is 2.23. The summed E-state index contributed by atoms with van der Waals surface area (Å²) in [4.78, 5) is 6.39. The van der Waals surface area contributed by atoms with Gasteiger partial charge in [0.15, 0.2) is 0 Å². The fourth-order valence-corrected chi connectivity index (χ4v) is 2.04. The second kappa shape index (κ2) is 8.66. The van der Waals surface area contributed by atoms with E-state index in [4.69, 9.17) is 24.7 Å². The fourth-order valence-electron chi connectivity index (χ4n) is 2.04. The highest BCUT2D eigenvalue weighted by atomic mass is 16.5. The smallest absolute Gasteiger partial charge is 0.217 e. The van der Waals surface area contributed by atoms with E-state index < -0.39 is 0 Å². The first-order valence-electron chi connectivity index (χ1n) is 7.09. The Balaban J connectivity index is 1.83. The van der Waals surface area contributed by atoms with Gasteiger partial charge in [-0.15, -0.1) is 0 Å². The van der Waals surface area contributed by atoms with Gasteiger partial charge in [0.05, 0.1) is 33.0 Å². The number of aromatic nitrogens is 1. The molecule has 0 saturated carbocycles. The number of rotatable bonds is 8. The van der Waals surface area contributed by atoms with Gasteiger partial charge in [-0.2, -0.15) is 4.98 Å². The lowest BCUT2D eigenvalue weighted by Crippen LogP contribution is -2.36. The first-order chi connectivity index (χ1) is 10.3. The van der Waals surface area contributed by atoms with Crippen molar-refractivity contribution in [1.29, 1.82) is 0 Å². The molecule has 0 aliphatic carbocycles. The predicted molar refractivity (Wildman–Crippen MR) is 79.9 cm³/mol. The molecule has 1 aliphatic rings. The molecule has 1 aromatic rings. The molecule has 7 nitrogen and oxygen atoms in total. The number of ether oxygens (including phenoxy) is 4. The zero-order valence-electron chi connectivity index (χ0n) is 12.4. The summed E-state index contributed by atoms with van der Waals surface area (Å²) >= 11 is 0. The molecule has 2 N–H and O–H groups in total. The maximum absolute atomic E-state index is 5.84. The molecule has 0 atom stereocenters. The molecule has 0 aromatic carbocycles. The molecular formula is C14H23N3O4. The Labute approximate surface area is 124 Å². The summed E-state index contributed by atoms with van der Waals surface area (Å²) in [7, 11) is 1.64. The van der Waals surface area contributed by atoms with Crippen LogP contribution in [0.5, 0.6) is 5.88 Å². The van der Waals surface area contributed by atoms with E-state index in [-0.39, 0.29) is 0 Å². The van der Waals surface area contributed by atoms with E-state index in [2.05, 4.69) is 9.88 Å². The minimum absolute atomic E-state index is 0.433. The van der Waals surface area contributed by atoms with Crippen LogP contribution in [-0.2, 0) is 14.2 Å². The molecule has 2 rings (SSSR count). The Kier molecular flexibility index (Phi) is 6.52. The number of methoxy groups -OCH3 is 1. The van der Waals surface area contributed by atoms with E-state index in [9.17, 15) is 0 Å². The molecule has 1 aromatic heterocycles. The molecule has 0 unspecified atom stereocenters. The summed E-state index contributed by atoms with van der Waals surface area (Å²) in [6, 6.07) is 3.75. The number of hydrogen-bond donors (Lipinski definition) is 1. The van der Waals surface area contributed by atoms with Gasteiger partial charge in [-0.25, -0.2) is 0 Å². The fraction of sp³-hybridized carbons (Fsp3) is 0.643. The normalized spacial score (nSPS) is 15.2. The van der Waals surface area contributed by atoms with Crippen LogP contribution < -0.4 is 15.4 Å². The van der Waals surface area contributed by atoms with Crippen LogP contribution in [0.4, 0.5) is 11.5 Å². The molecule has 2 heterocycles.